The summed E-state index contributed by atoms with van der Waals surface area (Å²) in [5.74, 6) is -1.30. The maximum atomic E-state index is 13.9. The van der Waals surface area contributed by atoms with E-state index in [1.54, 1.807) is 11.1 Å². The zero-order valence-electron chi connectivity index (χ0n) is 17.1. The molecule has 1 aliphatic heterocycles. The molecule has 0 aliphatic carbocycles. The van der Waals surface area contributed by atoms with E-state index < -0.39 is 11.6 Å². The van der Waals surface area contributed by atoms with Crippen LogP contribution in [-0.4, -0.2) is 38.7 Å². The normalized spacial score (nSPS) is 16.4. The summed E-state index contributed by atoms with van der Waals surface area (Å²) in [6.45, 7) is 1.11. The molecule has 1 aliphatic rings. The molecule has 160 valence electrons. The van der Waals surface area contributed by atoms with Crippen molar-refractivity contribution in [3.63, 3.8) is 0 Å². The summed E-state index contributed by atoms with van der Waals surface area (Å²) >= 11 is 0. The van der Waals surface area contributed by atoms with Gasteiger partial charge in [-0.1, -0.05) is 12.1 Å². The van der Waals surface area contributed by atoms with Gasteiger partial charge in [-0.15, -0.1) is 0 Å². The highest BCUT2D eigenvalue weighted by atomic mass is 19.1. The number of hydrogen-bond donors (Lipinski definition) is 0. The molecule has 0 bridgehead atoms. The molecule has 0 unspecified atom stereocenters. The van der Waals surface area contributed by atoms with Crippen LogP contribution in [0.15, 0.2) is 53.5 Å². The van der Waals surface area contributed by atoms with E-state index in [0.29, 0.717) is 18.7 Å². The number of aromatic nitrogens is 3. The summed E-state index contributed by atoms with van der Waals surface area (Å²) in [5.41, 5.74) is 1.54. The van der Waals surface area contributed by atoms with Gasteiger partial charge in [0.15, 0.2) is 0 Å². The van der Waals surface area contributed by atoms with Crippen molar-refractivity contribution in [2.75, 3.05) is 13.1 Å². The zero-order valence-corrected chi connectivity index (χ0v) is 17.1. The lowest BCUT2D eigenvalue weighted by atomic mass is 9.93. The average Bonchev–Trinajstić information content (AvgIpc) is 2.78. The van der Waals surface area contributed by atoms with Gasteiger partial charge >= 0.3 is 0 Å². The van der Waals surface area contributed by atoms with Crippen LogP contribution in [0.25, 0.3) is 0 Å². The molecular formula is C23H22F2N4O2. The lowest BCUT2D eigenvalue weighted by Crippen LogP contribution is -2.40. The fourth-order valence-electron chi connectivity index (χ4n) is 3.87. The van der Waals surface area contributed by atoms with Crippen LogP contribution in [-0.2, 0) is 13.5 Å². The number of rotatable bonds is 4. The Balaban J connectivity index is 1.46. The molecule has 0 spiro atoms. The van der Waals surface area contributed by atoms with Crippen LogP contribution in [0.1, 0.15) is 46.1 Å². The summed E-state index contributed by atoms with van der Waals surface area (Å²) < 4.78 is 28.9. The monoisotopic (exact) mass is 424 g/mol. The molecule has 0 radical (unpaired) electrons. The Morgan fingerprint density at radius 2 is 1.90 bits per heavy atom. The summed E-state index contributed by atoms with van der Waals surface area (Å²) in [5, 5.41) is 4.05. The van der Waals surface area contributed by atoms with Crippen molar-refractivity contribution < 1.29 is 13.6 Å². The second-order valence-electron chi connectivity index (χ2n) is 7.74. The van der Waals surface area contributed by atoms with Crippen LogP contribution in [0.2, 0.25) is 0 Å². The highest BCUT2D eigenvalue weighted by Crippen LogP contribution is 2.27. The first kappa shape index (κ1) is 20.8. The number of likely N-dealkylation sites (tertiary alicyclic amines) is 1. The molecule has 2 aromatic heterocycles. The van der Waals surface area contributed by atoms with E-state index >= 15 is 0 Å². The number of benzene rings is 1. The lowest BCUT2D eigenvalue weighted by molar-refractivity contribution is 0.0697. The van der Waals surface area contributed by atoms with Crippen molar-refractivity contribution in [3.05, 3.63) is 93.2 Å². The van der Waals surface area contributed by atoms with Crippen LogP contribution in [0.5, 0.6) is 0 Å². The molecule has 1 amide bonds. The number of carbonyl (C=O) groups excluding carboxylic acids is 1. The van der Waals surface area contributed by atoms with Crippen molar-refractivity contribution in [2.24, 2.45) is 7.05 Å². The molecule has 1 fully saturated rings. The molecule has 0 saturated carbocycles. The van der Waals surface area contributed by atoms with Crippen molar-refractivity contribution in [2.45, 2.75) is 25.2 Å². The van der Waals surface area contributed by atoms with Crippen molar-refractivity contribution >= 4 is 5.91 Å². The predicted molar refractivity (Wildman–Crippen MR) is 111 cm³/mol. The fraction of sp³-hybridized carbons (Fsp3) is 0.304. The topological polar surface area (TPSA) is 68.1 Å². The van der Waals surface area contributed by atoms with Crippen LogP contribution >= 0.6 is 0 Å². The van der Waals surface area contributed by atoms with Crippen molar-refractivity contribution in [3.8, 4) is 0 Å². The molecule has 31 heavy (non-hydrogen) atoms. The van der Waals surface area contributed by atoms with Gasteiger partial charge in [0.05, 0.1) is 0 Å². The standard InChI is InChI=1S/C23H22F2N4O2/c1-28-22(30)10-9-21(27-28)23(31)29-11-3-4-16(14-29)20-8-7-15(13-26-20)12-17-18(24)5-2-6-19(17)25/h2,5-10,13,16H,3-4,11-12,14H2,1H3/t16-/m1/s1. The van der Waals surface area contributed by atoms with Crippen LogP contribution < -0.4 is 5.56 Å². The first-order valence-corrected chi connectivity index (χ1v) is 10.1. The summed E-state index contributed by atoms with van der Waals surface area (Å²) in [7, 11) is 1.51. The van der Waals surface area contributed by atoms with Gasteiger partial charge in [0.25, 0.3) is 11.5 Å². The smallest absolute Gasteiger partial charge is 0.274 e. The summed E-state index contributed by atoms with van der Waals surface area (Å²) in [6, 6.07) is 10.3. The largest absolute Gasteiger partial charge is 0.337 e. The van der Waals surface area contributed by atoms with E-state index in [1.165, 1.54) is 37.4 Å². The minimum absolute atomic E-state index is 0.0243. The van der Waals surface area contributed by atoms with E-state index in [2.05, 4.69) is 10.1 Å². The molecule has 4 rings (SSSR count). The Kier molecular flexibility index (Phi) is 5.88. The number of carbonyl (C=O) groups is 1. The maximum absolute atomic E-state index is 13.9. The number of pyridine rings is 1. The van der Waals surface area contributed by atoms with Gasteiger partial charge in [-0.05, 0) is 42.7 Å². The molecule has 6 nitrogen and oxygen atoms in total. The zero-order chi connectivity index (χ0) is 22.0. The Hall–Kier alpha value is -3.42. The Bertz CT molecular complexity index is 1140. The minimum atomic E-state index is -0.572. The molecular weight excluding hydrogens is 402 g/mol. The highest BCUT2D eigenvalue weighted by molar-refractivity contribution is 5.92. The number of hydrogen-bond acceptors (Lipinski definition) is 4. The third-order valence-electron chi connectivity index (χ3n) is 5.60. The molecule has 8 heteroatoms. The molecule has 1 saturated heterocycles. The first-order chi connectivity index (χ1) is 14.9. The second kappa shape index (κ2) is 8.75. The van der Waals surface area contributed by atoms with Gasteiger partial charge in [0.2, 0.25) is 0 Å². The van der Waals surface area contributed by atoms with E-state index in [4.69, 9.17) is 0 Å². The third kappa shape index (κ3) is 4.52. The number of halogens is 2. The van der Waals surface area contributed by atoms with Crippen LogP contribution in [0.3, 0.4) is 0 Å². The number of piperidine rings is 1. The molecule has 3 aromatic rings. The minimum Gasteiger partial charge on any atom is -0.337 e. The van der Waals surface area contributed by atoms with E-state index in [1.807, 2.05) is 12.1 Å². The molecule has 1 atom stereocenters. The second-order valence-corrected chi connectivity index (χ2v) is 7.74. The molecule has 3 heterocycles. The summed E-state index contributed by atoms with van der Waals surface area (Å²) in [4.78, 5) is 30.6. The Morgan fingerprint density at radius 3 is 2.58 bits per heavy atom. The van der Waals surface area contributed by atoms with Gasteiger partial charge < -0.3 is 4.90 Å². The maximum Gasteiger partial charge on any atom is 0.274 e. The Labute approximate surface area is 178 Å². The predicted octanol–water partition coefficient (Wildman–Crippen LogP) is 3.06. The lowest BCUT2D eigenvalue weighted by Gasteiger charge is -2.32. The Morgan fingerprint density at radius 1 is 1.13 bits per heavy atom. The fourth-order valence-corrected chi connectivity index (χ4v) is 3.87. The number of aryl methyl sites for hydroxylation is 1. The van der Waals surface area contributed by atoms with Gasteiger partial charge in [-0.3, -0.25) is 14.6 Å². The van der Waals surface area contributed by atoms with E-state index in [-0.39, 0.29) is 35.1 Å². The van der Waals surface area contributed by atoms with Gasteiger partial charge in [-0.25, -0.2) is 13.5 Å². The van der Waals surface area contributed by atoms with Crippen molar-refractivity contribution in [1.29, 1.82) is 0 Å². The SMILES string of the molecule is Cn1nc(C(=O)N2CCC[C@@H](c3ccc(Cc4c(F)cccc4F)cn3)C2)ccc1=O. The van der Waals surface area contributed by atoms with Gasteiger partial charge in [0, 0.05) is 56.0 Å². The average molecular weight is 424 g/mol. The first-order valence-electron chi connectivity index (χ1n) is 10.1. The van der Waals surface area contributed by atoms with E-state index in [0.717, 1.165) is 23.2 Å². The molecule has 1 aromatic carbocycles. The van der Waals surface area contributed by atoms with Crippen LogP contribution in [0, 0.1) is 11.6 Å². The summed E-state index contributed by atoms with van der Waals surface area (Å²) in [6.07, 6.45) is 3.47. The van der Waals surface area contributed by atoms with Gasteiger partial charge in [0.1, 0.15) is 17.3 Å². The third-order valence-corrected chi connectivity index (χ3v) is 5.60. The van der Waals surface area contributed by atoms with Crippen LogP contribution in [0.4, 0.5) is 8.78 Å². The number of nitrogens with zero attached hydrogens (tertiary/aromatic N) is 4. The quantitative estimate of drug-likeness (QED) is 0.646. The van der Waals surface area contributed by atoms with Crippen molar-refractivity contribution in [1.82, 2.24) is 19.7 Å². The van der Waals surface area contributed by atoms with Gasteiger partial charge in [-0.2, -0.15) is 5.10 Å². The number of amides is 1. The van der Waals surface area contributed by atoms with E-state index in [9.17, 15) is 18.4 Å². The highest BCUT2D eigenvalue weighted by Gasteiger charge is 2.27. The molecule has 0 N–H and O–H groups in total.